The Morgan fingerprint density at radius 3 is 2.11 bits per heavy atom. The third-order valence-electron chi connectivity index (χ3n) is 6.24. The molecular weight excluding hydrogens is 548 g/mol. The molecule has 0 aliphatic carbocycles. The van der Waals surface area contributed by atoms with Crippen LogP contribution in [-0.4, -0.2) is 31.9 Å². The highest BCUT2D eigenvalue weighted by molar-refractivity contribution is 9.10. The van der Waals surface area contributed by atoms with E-state index >= 15 is 0 Å². The molecule has 2 aromatic carbocycles. The molecule has 1 amide bonds. The first kappa shape index (κ1) is 31.4. The third kappa shape index (κ3) is 9.47. The van der Waals surface area contributed by atoms with Gasteiger partial charge in [0, 0.05) is 22.4 Å². The molecule has 204 valence electrons. The van der Waals surface area contributed by atoms with Crippen LogP contribution in [-0.2, 0) is 16.9 Å². The number of rotatable bonds is 11. The summed E-state index contributed by atoms with van der Waals surface area (Å²) in [6, 6.07) is 17.5. The number of nitrogens with one attached hydrogen (secondary N) is 1. The Morgan fingerprint density at radius 1 is 1.08 bits per heavy atom. The smallest absolute Gasteiger partial charge is 0.407 e. The Morgan fingerprint density at radius 2 is 1.65 bits per heavy atom. The van der Waals surface area contributed by atoms with Gasteiger partial charge in [-0.05, 0) is 75.6 Å². The first-order chi connectivity index (χ1) is 17.0. The molecule has 0 radical (unpaired) electrons. The minimum Gasteiger partial charge on any atom is -0.598 e. The number of carboxylic acid groups (broad SMARTS) is 1. The number of carbonyl (C=O) groups is 1. The van der Waals surface area contributed by atoms with Crippen molar-refractivity contribution in [3.05, 3.63) is 82.3 Å². The highest BCUT2D eigenvalue weighted by Crippen LogP contribution is 2.38. The Bertz CT molecular complexity index is 1030. The summed E-state index contributed by atoms with van der Waals surface area (Å²) in [6.45, 7) is 18.6. The van der Waals surface area contributed by atoms with E-state index in [2.05, 4.69) is 48.0 Å². The minimum atomic E-state index is -1.38. The van der Waals surface area contributed by atoms with Gasteiger partial charge in [0.05, 0.1) is 11.6 Å². The molecule has 0 aliphatic rings. The van der Waals surface area contributed by atoms with Gasteiger partial charge in [0.1, 0.15) is 4.75 Å². The second-order valence-electron chi connectivity index (χ2n) is 12.1. The first-order valence-electron chi connectivity index (χ1n) is 12.7. The quantitative estimate of drug-likeness (QED) is 0.204. The van der Waals surface area contributed by atoms with Gasteiger partial charge in [-0.3, -0.25) is 0 Å². The summed E-state index contributed by atoms with van der Waals surface area (Å²) in [5.74, 6) is 0. The van der Waals surface area contributed by atoms with E-state index in [0.717, 1.165) is 21.2 Å². The lowest BCUT2D eigenvalue weighted by Crippen LogP contribution is -2.53. The molecule has 0 aromatic heterocycles. The van der Waals surface area contributed by atoms with E-state index in [1.807, 2.05) is 82.3 Å². The fourth-order valence-electron chi connectivity index (χ4n) is 4.45. The van der Waals surface area contributed by atoms with Crippen molar-refractivity contribution in [3.8, 4) is 0 Å². The summed E-state index contributed by atoms with van der Waals surface area (Å²) < 4.78 is 17.3. The largest absolute Gasteiger partial charge is 0.598 e. The van der Waals surface area contributed by atoms with Gasteiger partial charge in [0.25, 0.3) is 0 Å². The molecule has 0 spiro atoms. The van der Waals surface area contributed by atoms with Crippen molar-refractivity contribution in [3.63, 3.8) is 0 Å². The number of hydrogen-bond acceptors (Lipinski definition) is 3. The third-order valence-corrected chi connectivity index (χ3v) is 8.45. The standard InChI is InChI=1S/C30H43BrN2O3S/c1-22(2)20-30(24-12-10-9-11-13-24,32-37(36)29(6,7)8)18-19-33(27(34)35)26(21-28(3,4)5)23-14-16-25(31)17-15-23/h9-17,26,32H,1,18-21H2,2-8H3,(H,34,35)/t26-,30?,37+/m0/s1. The molecule has 0 saturated heterocycles. The van der Waals surface area contributed by atoms with E-state index in [1.165, 1.54) is 0 Å². The van der Waals surface area contributed by atoms with Crippen molar-refractivity contribution in [1.29, 1.82) is 0 Å². The van der Waals surface area contributed by atoms with E-state index in [-0.39, 0.29) is 18.0 Å². The Kier molecular flexibility index (Phi) is 10.9. The minimum absolute atomic E-state index is 0.0916. The average molecular weight is 592 g/mol. The van der Waals surface area contributed by atoms with Crippen LogP contribution in [0.1, 0.15) is 84.9 Å². The Hall–Kier alpha value is -1.80. The second-order valence-corrected chi connectivity index (χ2v) is 15.0. The van der Waals surface area contributed by atoms with Gasteiger partial charge >= 0.3 is 6.09 Å². The fraction of sp³-hybridized carbons (Fsp3) is 0.500. The fourth-order valence-corrected chi connectivity index (χ4v) is 5.67. The molecule has 7 heteroatoms. The molecule has 2 rings (SSSR count). The van der Waals surface area contributed by atoms with Gasteiger partial charge in [0.2, 0.25) is 0 Å². The topological polar surface area (TPSA) is 75.6 Å². The molecule has 2 aromatic rings. The molecular formula is C30H43BrN2O3S. The van der Waals surface area contributed by atoms with Gasteiger partial charge in [-0.25, -0.2) is 4.79 Å². The zero-order valence-corrected chi connectivity index (χ0v) is 25.7. The van der Waals surface area contributed by atoms with E-state index in [9.17, 15) is 14.5 Å². The van der Waals surface area contributed by atoms with E-state index in [1.54, 1.807) is 4.90 Å². The van der Waals surface area contributed by atoms with E-state index in [4.69, 9.17) is 0 Å². The molecule has 0 fully saturated rings. The maximum absolute atomic E-state index is 13.4. The second kappa shape index (κ2) is 12.8. The maximum Gasteiger partial charge on any atom is 0.407 e. The molecule has 0 saturated carbocycles. The normalized spacial score (nSPS) is 15.5. The van der Waals surface area contributed by atoms with Crippen molar-refractivity contribution in [2.24, 2.45) is 5.41 Å². The van der Waals surface area contributed by atoms with Crippen LogP contribution in [0.3, 0.4) is 0 Å². The Labute approximate surface area is 235 Å². The number of benzene rings is 2. The summed E-state index contributed by atoms with van der Waals surface area (Å²) in [5.41, 5.74) is 2.02. The number of nitrogens with zero attached hydrogens (tertiary/aromatic N) is 1. The average Bonchev–Trinajstić information content (AvgIpc) is 2.77. The first-order valence-corrected chi connectivity index (χ1v) is 14.6. The van der Waals surface area contributed by atoms with Gasteiger partial charge in [0.15, 0.2) is 0 Å². The number of hydrogen-bond donors (Lipinski definition) is 2. The van der Waals surface area contributed by atoms with Crippen LogP contribution in [0, 0.1) is 5.41 Å². The summed E-state index contributed by atoms with van der Waals surface area (Å²) >= 11 is 2.11. The lowest BCUT2D eigenvalue weighted by Gasteiger charge is -2.41. The zero-order valence-electron chi connectivity index (χ0n) is 23.3. The summed E-state index contributed by atoms with van der Waals surface area (Å²) in [6.07, 6.45) is 0.677. The van der Waals surface area contributed by atoms with Gasteiger partial charge in [-0.2, -0.15) is 0 Å². The lowest BCUT2D eigenvalue weighted by atomic mass is 9.81. The van der Waals surface area contributed by atoms with Crippen LogP contribution in [0.15, 0.2) is 71.2 Å². The zero-order chi connectivity index (χ0) is 28.0. The number of halogens is 1. The van der Waals surface area contributed by atoms with Crippen molar-refractivity contribution in [1.82, 2.24) is 9.62 Å². The van der Waals surface area contributed by atoms with Crippen LogP contribution in [0.2, 0.25) is 0 Å². The molecule has 3 atom stereocenters. The van der Waals surface area contributed by atoms with Crippen molar-refractivity contribution in [2.45, 2.75) is 84.1 Å². The predicted octanol–water partition coefficient (Wildman–Crippen LogP) is 8.21. The van der Waals surface area contributed by atoms with E-state index < -0.39 is 27.7 Å². The molecule has 37 heavy (non-hydrogen) atoms. The maximum atomic E-state index is 13.4. The van der Waals surface area contributed by atoms with Crippen molar-refractivity contribution < 1.29 is 14.5 Å². The monoisotopic (exact) mass is 590 g/mol. The Balaban J connectivity index is 2.55. The molecule has 0 heterocycles. The molecule has 5 nitrogen and oxygen atoms in total. The van der Waals surface area contributed by atoms with Crippen LogP contribution in [0.25, 0.3) is 0 Å². The van der Waals surface area contributed by atoms with Gasteiger partial charge in [-0.15, -0.1) is 11.3 Å². The molecule has 1 unspecified atom stereocenters. The van der Waals surface area contributed by atoms with Crippen LogP contribution < -0.4 is 4.72 Å². The summed E-state index contributed by atoms with van der Waals surface area (Å²) in [4.78, 5) is 14.3. The molecule has 0 aliphatic heterocycles. The van der Waals surface area contributed by atoms with Crippen LogP contribution in [0.5, 0.6) is 0 Å². The van der Waals surface area contributed by atoms with Crippen molar-refractivity contribution in [2.75, 3.05) is 6.54 Å². The highest BCUT2D eigenvalue weighted by Gasteiger charge is 2.42. The predicted molar refractivity (Wildman–Crippen MR) is 159 cm³/mol. The van der Waals surface area contributed by atoms with E-state index in [0.29, 0.717) is 19.3 Å². The molecule has 2 N–H and O–H groups in total. The van der Waals surface area contributed by atoms with Crippen LogP contribution in [0.4, 0.5) is 4.79 Å². The molecule has 0 bridgehead atoms. The van der Waals surface area contributed by atoms with Gasteiger partial charge in [-0.1, -0.05) is 84.7 Å². The summed E-state index contributed by atoms with van der Waals surface area (Å²) in [5, 5.41) is 10.4. The SMILES string of the molecule is C=C(C)CC(CCN(C(=O)O)[C@@H](CC(C)(C)C)c1ccc(Br)cc1)(N[S@+]([O-])C(C)(C)C)c1ccccc1. The highest BCUT2D eigenvalue weighted by atomic mass is 79.9. The van der Waals surface area contributed by atoms with Gasteiger partial charge < -0.3 is 14.6 Å². The number of amides is 1. The van der Waals surface area contributed by atoms with Crippen LogP contribution >= 0.6 is 15.9 Å². The van der Waals surface area contributed by atoms with Crippen molar-refractivity contribution >= 4 is 33.4 Å². The summed E-state index contributed by atoms with van der Waals surface area (Å²) in [7, 11) is 0. The lowest BCUT2D eigenvalue weighted by molar-refractivity contribution is 0.102.